The predicted octanol–water partition coefficient (Wildman–Crippen LogP) is 2.44. The molecular formula is C11H12F2O2. The summed E-state index contributed by atoms with van der Waals surface area (Å²) in [6, 6.07) is 3.41. The van der Waals surface area contributed by atoms with Gasteiger partial charge in [-0.2, -0.15) is 0 Å². The van der Waals surface area contributed by atoms with Crippen LogP contribution in [0, 0.1) is 11.6 Å². The van der Waals surface area contributed by atoms with Gasteiger partial charge in [0.25, 0.3) is 0 Å². The van der Waals surface area contributed by atoms with Crippen molar-refractivity contribution in [3.05, 3.63) is 35.4 Å². The molecule has 0 radical (unpaired) electrons. The van der Waals surface area contributed by atoms with Crippen LogP contribution in [-0.4, -0.2) is 19.3 Å². The van der Waals surface area contributed by atoms with Crippen LogP contribution >= 0.6 is 0 Å². The summed E-state index contributed by atoms with van der Waals surface area (Å²) in [7, 11) is 0. The third kappa shape index (κ3) is 2.97. The van der Waals surface area contributed by atoms with Gasteiger partial charge in [0.2, 0.25) is 0 Å². The van der Waals surface area contributed by atoms with E-state index in [4.69, 9.17) is 9.47 Å². The van der Waals surface area contributed by atoms with Crippen molar-refractivity contribution in [2.75, 3.05) is 13.2 Å². The second-order valence-corrected chi connectivity index (χ2v) is 3.63. The van der Waals surface area contributed by atoms with E-state index in [0.717, 1.165) is 6.07 Å². The number of benzene rings is 1. The lowest BCUT2D eigenvalue weighted by atomic mass is 10.1. The molecule has 1 aromatic rings. The maximum atomic E-state index is 12.9. The molecule has 15 heavy (non-hydrogen) atoms. The van der Waals surface area contributed by atoms with Crippen molar-refractivity contribution < 1.29 is 18.3 Å². The summed E-state index contributed by atoms with van der Waals surface area (Å²) < 4.78 is 36.1. The molecule has 82 valence electrons. The molecule has 1 fully saturated rings. The van der Waals surface area contributed by atoms with E-state index in [-0.39, 0.29) is 12.2 Å². The maximum Gasteiger partial charge on any atom is 0.126 e. The fourth-order valence-corrected chi connectivity index (χ4v) is 1.32. The molecular weight excluding hydrogens is 202 g/mol. The Hall–Kier alpha value is -1.00. The summed E-state index contributed by atoms with van der Waals surface area (Å²) in [5.74, 6) is -1.16. The van der Waals surface area contributed by atoms with Crippen molar-refractivity contribution >= 4 is 0 Å². The zero-order valence-electron chi connectivity index (χ0n) is 8.37. The first-order valence-electron chi connectivity index (χ1n) is 4.84. The molecule has 0 spiro atoms. The molecule has 2 nitrogen and oxygen atoms in total. The van der Waals surface area contributed by atoms with Crippen LogP contribution in [0.2, 0.25) is 0 Å². The van der Waals surface area contributed by atoms with Crippen LogP contribution in [-0.2, 0) is 9.47 Å². The van der Waals surface area contributed by atoms with E-state index >= 15 is 0 Å². The van der Waals surface area contributed by atoms with Gasteiger partial charge in [0.1, 0.15) is 17.7 Å². The van der Waals surface area contributed by atoms with Crippen molar-refractivity contribution in [2.45, 2.75) is 19.1 Å². The Morgan fingerprint density at radius 1 is 1.40 bits per heavy atom. The van der Waals surface area contributed by atoms with Crippen molar-refractivity contribution in [1.82, 2.24) is 0 Å². The van der Waals surface area contributed by atoms with Gasteiger partial charge in [-0.3, -0.25) is 0 Å². The number of hydrogen-bond acceptors (Lipinski definition) is 2. The van der Waals surface area contributed by atoms with Gasteiger partial charge in [0.05, 0.1) is 19.3 Å². The highest BCUT2D eigenvalue weighted by Crippen LogP contribution is 2.21. The predicted molar refractivity (Wildman–Crippen MR) is 50.5 cm³/mol. The Bertz CT molecular complexity index is 330. The molecule has 1 aromatic carbocycles. The lowest BCUT2D eigenvalue weighted by Crippen LogP contribution is -2.06. The van der Waals surface area contributed by atoms with E-state index in [2.05, 4.69) is 0 Å². The van der Waals surface area contributed by atoms with Crippen LogP contribution in [0.15, 0.2) is 18.2 Å². The Kier molecular flexibility index (Phi) is 2.98. The fourth-order valence-electron chi connectivity index (χ4n) is 1.32. The van der Waals surface area contributed by atoms with Gasteiger partial charge in [-0.25, -0.2) is 8.78 Å². The average molecular weight is 214 g/mol. The average Bonchev–Trinajstić information content (AvgIpc) is 2.96. The molecule has 1 saturated heterocycles. The Morgan fingerprint density at radius 2 is 2.00 bits per heavy atom. The standard InChI is InChI=1S/C11H12F2O2/c1-7(14-5-11-6-15-11)8-2-9(12)4-10(13)3-8/h2-4,7,11H,5-6H2,1H3/t7-,11+/m1/s1. The second kappa shape index (κ2) is 4.24. The Labute approximate surface area is 86.8 Å². The highest BCUT2D eigenvalue weighted by molar-refractivity contribution is 5.19. The van der Waals surface area contributed by atoms with E-state index in [0.29, 0.717) is 18.8 Å². The SMILES string of the molecule is C[C@@H](OC[C@H]1CO1)c1cc(F)cc(F)c1. The minimum absolute atomic E-state index is 0.158. The number of rotatable bonds is 4. The van der Waals surface area contributed by atoms with E-state index in [1.165, 1.54) is 12.1 Å². The Balaban J connectivity index is 1.99. The minimum Gasteiger partial charge on any atom is -0.371 e. The molecule has 2 atom stereocenters. The van der Waals surface area contributed by atoms with Gasteiger partial charge in [-0.1, -0.05) is 0 Å². The highest BCUT2D eigenvalue weighted by Gasteiger charge is 2.23. The molecule has 0 aromatic heterocycles. The largest absolute Gasteiger partial charge is 0.371 e. The van der Waals surface area contributed by atoms with Crippen LogP contribution in [0.5, 0.6) is 0 Å². The van der Waals surface area contributed by atoms with Gasteiger partial charge in [0, 0.05) is 6.07 Å². The summed E-state index contributed by atoms with van der Waals surface area (Å²) in [5, 5.41) is 0. The van der Waals surface area contributed by atoms with E-state index in [1.807, 2.05) is 0 Å². The molecule has 1 aliphatic rings. The maximum absolute atomic E-state index is 12.9. The van der Waals surface area contributed by atoms with Crippen LogP contribution in [0.25, 0.3) is 0 Å². The van der Waals surface area contributed by atoms with Crippen LogP contribution in [0.1, 0.15) is 18.6 Å². The molecule has 0 aliphatic carbocycles. The van der Waals surface area contributed by atoms with E-state index in [9.17, 15) is 8.78 Å². The van der Waals surface area contributed by atoms with Crippen molar-refractivity contribution in [3.63, 3.8) is 0 Å². The summed E-state index contributed by atoms with van der Waals surface area (Å²) in [4.78, 5) is 0. The van der Waals surface area contributed by atoms with Gasteiger partial charge in [-0.15, -0.1) is 0 Å². The van der Waals surface area contributed by atoms with Crippen molar-refractivity contribution in [2.24, 2.45) is 0 Å². The number of halogens is 2. The zero-order valence-corrected chi connectivity index (χ0v) is 8.37. The topological polar surface area (TPSA) is 21.8 Å². The molecule has 0 amide bonds. The summed E-state index contributed by atoms with van der Waals surface area (Å²) in [5.41, 5.74) is 0.508. The minimum atomic E-state index is -0.580. The van der Waals surface area contributed by atoms with Gasteiger partial charge in [-0.05, 0) is 24.6 Å². The summed E-state index contributed by atoms with van der Waals surface area (Å²) in [6.07, 6.45) is -0.162. The molecule has 4 heteroatoms. The first kappa shape index (κ1) is 10.5. The molecule has 0 saturated carbocycles. The fraction of sp³-hybridized carbons (Fsp3) is 0.455. The first-order chi connectivity index (χ1) is 7.15. The normalized spacial score (nSPS) is 21.4. The number of hydrogen-bond donors (Lipinski definition) is 0. The Morgan fingerprint density at radius 3 is 2.53 bits per heavy atom. The van der Waals surface area contributed by atoms with Gasteiger partial charge in [0.15, 0.2) is 0 Å². The van der Waals surface area contributed by atoms with Crippen molar-refractivity contribution in [1.29, 1.82) is 0 Å². The van der Waals surface area contributed by atoms with E-state index < -0.39 is 11.6 Å². The lowest BCUT2D eigenvalue weighted by Gasteiger charge is -2.12. The van der Waals surface area contributed by atoms with Crippen LogP contribution in [0.3, 0.4) is 0 Å². The van der Waals surface area contributed by atoms with Gasteiger partial charge >= 0.3 is 0 Å². The first-order valence-corrected chi connectivity index (χ1v) is 4.84. The second-order valence-electron chi connectivity index (χ2n) is 3.63. The molecule has 0 unspecified atom stereocenters. The summed E-state index contributed by atoms with van der Waals surface area (Å²) >= 11 is 0. The molecule has 0 bridgehead atoms. The molecule has 1 heterocycles. The number of epoxide rings is 1. The quantitative estimate of drug-likeness (QED) is 0.718. The molecule has 0 N–H and O–H groups in total. The third-order valence-corrected chi connectivity index (χ3v) is 2.29. The van der Waals surface area contributed by atoms with E-state index in [1.54, 1.807) is 6.92 Å². The molecule has 1 aliphatic heterocycles. The summed E-state index contributed by atoms with van der Waals surface area (Å²) in [6.45, 7) is 2.94. The highest BCUT2D eigenvalue weighted by atomic mass is 19.1. The van der Waals surface area contributed by atoms with Crippen LogP contribution < -0.4 is 0 Å². The lowest BCUT2D eigenvalue weighted by molar-refractivity contribution is 0.0536. The third-order valence-electron chi connectivity index (χ3n) is 2.29. The van der Waals surface area contributed by atoms with Crippen LogP contribution in [0.4, 0.5) is 8.78 Å². The van der Waals surface area contributed by atoms with Crippen molar-refractivity contribution in [3.8, 4) is 0 Å². The number of ether oxygens (including phenoxy) is 2. The molecule has 2 rings (SSSR count). The van der Waals surface area contributed by atoms with Gasteiger partial charge < -0.3 is 9.47 Å². The monoisotopic (exact) mass is 214 g/mol. The smallest absolute Gasteiger partial charge is 0.126 e. The zero-order chi connectivity index (χ0) is 10.8.